The average molecular weight is 378 g/mol. The van der Waals surface area contributed by atoms with Gasteiger partial charge in [-0.3, -0.25) is 4.79 Å². The van der Waals surface area contributed by atoms with Crippen molar-refractivity contribution < 1.29 is 13.2 Å². The molecule has 1 amide bonds. The minimum atomic E-state index is -3.26. The Morgan fingerprint density at radius 2 is 1.96 bits per heavy atom. The summed E-state index contributed by atoms with van der Waals surface area (Å²) in [5, 5.41) is 19.5. The van der Waals surface area contributed by atoms with Gasteiger partial charge in [-0.25, -0.2) is 13.1 Å². The van der Waals surface area contributed by atoms with Crippen molar-refractivity contribution >= 4 is 27.1 Å². The molecule has 130 valence electrons. The molecule has 0 aliphatic heterocycles. The number of aromatic nitrogens is 5. The molecule has 0 saturated carbocycles. The molecule has 0 unspecified atom stereocenters. The van der Waals surface area contributed by atoms with Crippen LogP contribution in [-0.4, -0.2) is 45.8 Å². The molecule has 0 atom stereocenters. The molecule has 0 bridgehead atoms. The van der Waals surface area contributed by atoms with Crippen LogP contribution >= 0.6 is 11.3 Å². The van der Waals surface area contributed by atoms with Gasteiger partial charge in [0.1, 0.15) is 15.9 Å². The van der Waals surface area contributed by atoms with Crippen LogP contribution in [0, 0.1) is 0 Å². The van der Waals surface area contributed by atoms with Crippen LogP contribution in [0.5, 0.6) is 0 Å². The van der Waals surface area contributed by atoms with Gasteiger partial charge in [0.2, 0.25) is 0 Å². The summed E-state index contributed by atoms with van der Waals surface area (Å²) < 4.78 is 23.5. The predicted octanol–water partition coefficient (Wildman–Crippen LogP) is 0.729. The van der Waals surface area contributed by atoms with Crippen molar-refractivity contribution in [3.8, 4) is 10.6 Å². The first-order chi connectivity index (χ1) is 11.9. The first kappa shape index (κ1) is 17.2. The highest BCUT2D eigenvalue weighted by Crippen LogP contribution is 2.22. The Balaban J connectivity index is 1.60. The number of hydrogen-bond donors (Lipinski definition) is 1. The van der Waals surface area contributed by atoms with Gasteiger partial charge in [0.05, 0.1) is 12.7 Å². The maximum atomic E-state index is 12.1. The van der Waals surface area contributed by atoms with E-state index in [4.69, 9.17) is 0 Å². The fraction of sp³-hybridized carbons (Fsp3) is 0.214. The maximum Gasteiger partial charge on any atom is 0.273 e. The third-order valence-corrected chi connectivity index (χ3v) is 4.73. The Morgan fingerprint density at radius 3 is 2.68 bits per heavy atom. The van der Waals surface area contributed by atoms with Gasteiger partial charge < -0.3 is 5.32 Å². The van der Waals surface area contributed by atoms with Crippen LogP contribution in [0.25, 0.3) is 10.6 Å². The summed E-state index contributed by atoms with van der Waals surface area (Å²) in [5.41, 5.74) is 0.998. The standard InChI is InChI=1S/C14H14N6O3S2/c1-25(22,23)9-20-8-11(16-19-20)13(21)15-7-12-17-18-14(24-12)10-5-3-2-4-6-10/h2-6,8H,7,9H2,1H3,(H,15,21). The van der Waals surface area contributed by atoms with E-state index >= 15 is 0 Å². The molecule has 0 aliphatic rings. The highest BCUT2D eigenvalue weighted by molar-refractivity contribution is 7.89. The average Bonchev–Trinajstić information content (AvgIpc) is 3.21. The minimum Gasteiger partial charge on any atom is -0.344 e. The molecule has 0 radical (unpaired) electrons. The second-order valence-electron chi connectivity index (χ2n) is 5.25. The lowest BCUT2D eigenvalue weighted by atomic mass is 10.2. The monoisotopic (exact) mass is 378 g/mol. The molecule has 0 aliphatic carbocycles. The third kappa shape index (κ3) is 4.67. The summed E-state index contributed by atoms with van der Waals surface area (Å²) in [6.07, 6.45) is 2.36. The molecule has 0 saturated heterocycles. The number of benzene rings is 1. The summed E-state index contributed by atoms with van der Waals surface area (Å²) in [5.74, 6) is -0.791. The fourth-order valence-corrected chi connectivity index (χ4v) is 3.37. The Hall–Kier alpha value is -2.66. The zero-order valence-corrected chi connectivity index (χ0v) is 14.8. The normalized spacial score (nSPS) is 11.4. The van der Waals surface area contributed by atoms with E-state index in [1.807, 2.05) is 30.3 Å². The molecule has 3 aromatic rings. The van der Waals surface area contributed by atoms with Crippen LogP contribution in [-0.2, 0) is 22.3 Å². The van der Waals surface area contributed by atoms with Crippen molar-refractivity contribution in [2.24, 2.45) is 0 Å². The van der Waals surface area contributed by atoms with Crippen molar-refractivity contribution in [1.29, 1.82) is 0 Å². The topological polar surface area (TPSA) is 120 Å². The lowest BCUT2D eigenvalue weighted by Crippen LogP contribution is -2.23. The molecule has 0 fully saturated rings. The van der Waals surface area contributed by atoms with Crippen molar-refractivity contribution in [2.45, 2.75) is 12.4 Å². The number of carbonyl (C=O) groups is 1. The summed E-state index contributed by atoms with van der Waals surface area (Å²) in [7, 11) is -3.26. The molecule has 25 heavy (non-hydrogen) atoms. The van der Waals surface area contributed by atoms with E-state index in [0.29, 0.717) is 5.01 Å². The molecule has 0 spiro atoms. The van der Waals surface area contributed by atoms with Crippen LogP contribution in [0.4, 0.5) is 0 Å². The van der Waals surface area contributed by atoms with Crippen LogP contribution in [0.15, 0.2) is 36.5 Å². The SMILES string of the molecule is CS(=O)(=O)Cn1cc(C(=O)NCc2nnc(-c3ccccc3)s2)nn1. The molecular formula is C14H14N6O3S2. The van der Waals surface area contributed by atoms with E-state index in [-0.39, 0.29) is 18.1 Å². The summed E-state index contributed by atoms with van der Waals surface area (Å²) in [6.45, 7) is 0.197. The number of carbonyl (C=O) groups excluding carboxylic acids is 1. The zero-order chi connectivity index (χ0) is 17.9. The van der Waals surface area contributed by atoms with Gasteiger partial charge in [0.25, 0.3) is 5.91 Å². The van der Waals surface area contributed by atoms with Crippen molar-refractivity contribution in [3.05, 3.63) is 47.2 Å². The molecule has 11 heteroatoms. The molecule has 1 N–H and O–H groups in total. The van der Waals surface area contributed by atoms with Gasteiger partial charge >= 0.3 is 0 Å². The second kappa shape index (κ2) is 7.07. The van der Waals surface area contributed by atoms with Crippen molar-refractivity contribution in [3.63, 3.8) is 0 Å². The fourth-order valence-electron chi connectivity index (χ4n) is 1.97. The summed E-state index contributed by atoms with van der Waals surface area (Å²) in [6, 6.07) is 9.62. The van der Waals surface area contributed by atoms with Gasteiger partial charge in [-0.1, -0.05) is 46.9 Å². The Kier molecular flexibility index (Phi) is 4.86. The Morgan fingerprint density at radius 1 is 1.20 bits per heavy atom. The van der Waals surface area contributed by atoms with Crippen LogP contribution in [0.3, 0.4) is 0 Å². The van der Waals surface area contributed by atoms with Gasteiger partial charge in [-0.15, -0.1) is 15.3 Å². The predicted molar refractivity (Wildman–Crippen MR) is 91.4 cm³/mol. The zero-order valence-electron chi connectivity index (χ0n) is 13.2. The van der Waals surface area contributed by atoms with Gasteiger partial charge in [0, 0.05) is 11.8 Å². The van der Waals surface area contributed by atoms with Gasteiger partial charge in [-0.2, -0.15) is 0 Å². The number of nitrogens with zero attached hydrogens (tertiary/aromatic N) is 5. The summed E-state index contributed by atoms with van der Waals surface area (Å²) in [4.78, 5) is 12.1. The molecule has 9 nitrogen and oxygen atoms in total. The van der Waals surface area contributed by atoms with E-state index in [2.05, 4.69) is 25.8 Å². The Labute approximate surface area is 147 Å². The third-order valence-electron chi connectivity index (χ3n) is 3.03. The summed E-state index contributed by atoms with van der Waals surface area (Å²) >= 11 is 1.38. The van der Waals surface area contributed by atoms with E-state index in [9.17, 15) is 13.2 Å². The molecular weight excluding hydrogens is 364 g/mol. The lowest BCUT2D eigenvalue weighted by molar-refractivity contribution is 0.0945. The van der Waals surface area contributed by atoms with Crippen molar-refractivity contribution in [1.82, 2.24) is 30.5 Å². The molecule has 2 aromatic heterocycles. The van der Waals surface area contributed by atoms with E-state index in [0.717, 1.165) is 21.5 Å². The van der Waals surface area contributed by atoms with Gasteiger partial charge in [0.15, 0.2) is 15.5 Å². The second-order valence-corrected chi connectivity index (χ2v) is 8.42. The van der Waals surface area contributed by atoms with Crippen LogP contribution in [0.1, 0.15) is 15.5 Å². The highest BCUT2D eigenvalue weighted by Gasteiger charge is 2.14. The highest BCUT2D eigenvalue weighted by atomic mass is 32.2. The number of rotatable bonds is 6. The van der Waals surface area contributed by atoms with E-state index in [1.165, 1.54) is 17.5 Å². The minimum absolute atomic E-state index is 0.0384. The largest absolute Gasteiger partial charge is 0.344 e. The lowest BCUT2D eigenvalue weighted by Gasteiger charge is -1.98. The first-order valence-corrected chi connectivity index (χ1v) is 10.0. The number of nitrogens with one attached hydrogen (secondary N) is 1. The smallest absolute Gasteiger partial charge is 0.273 e. The number of hydrogen-bond acceptors (Lipinski definition) is 8. The van der Waals surface area contributed by atoms with Gasteiger partial charge in [-0.05, 0) is 0 Å². The molecule has 2 heterocycles. The first-order valence-electron chi connectivity index (χ1n) is 7.14. The quantitative estimate of drug-likeness (QED) is 0.671. The van der Waals surface area contributed by atoms with Crippen LogP contribution in [0.2, 0.25) is 0 Å². The molecule has 1 aromatic carbocycles. The van der Waals surface area contributed by atoms with Crippen molar-refractivity contribution in [2.75, 3.05) is 6.26 Å². The molecule has 3 rings (SSSR count). The number of amides is 1. The maximum absolute atomic E-state index is 12.1. The number of sulfone groups is 1. The van der Waals surface area contributed by atoms with E-state index in [1.54, 1.807) is 0 Å². The Bertz CT molecular complexity index is 981. The van der Waals surface area contributed by atoms with E-state index < -0.39 is 15.7 Å². The van der Waals surface area contributed by atoms with Crippen LogP contribution < -0.4 is 5.32 Å².